The quantitative estimate of drug-likeness (QED) is 0.759. The Morgan fingerprint density at radius 3 is 2.26 bits per heavy atom. The lowest BCUT2D eigenvalue weighted by Crippen LogP contribution is -2.41. The van der Waals surface area contributed by atoms with Gasteiger partial charge in [-0.25, -0.2) is 0 Å². The number of carbonyl (C=O) groups excluding carboxylic acids is 1. The lowest BCUT2D eigenvalue weighted by atomic mass is 9.97. The minimum Gasteiger partial charge on any atom is -0.490 e. The Morgan fingerprint density at radius 2 is 1.83 bits per heavy atom. The summed E-state index contributed by atoms with van der Waals surface area (Å²) in [5, 5.41) is 2.99. The van der Waals surface area contributed by atoms with E-state index in [2.05, 4.69) is 12.2 Å². The SMILES string of the molecule is CCCC[C@@](C)(OC)C(=O)Nc1cc(C)c(OC(C)C)c(C)c1. The third-order valence-electron chi connectivity index (χ3n) is 4.01. The summed E-state index contributed by atoms with van der Waals surface area (Å²) in [6.45, 7) is 11.9. The maximum Gasteiger partial charge on any atom is 0.256 e. The van der Waals surface area contributed by atoms with Gasteiger partial charge in [-0.1, -0.05) is 19.8 Å². The van der Waals surface area contributed by atoms with Crippen LogP contribution in [0.1, 0.15) is 58.1 Å². The standard InChI is InChI=1S/C19H31NO3/c1-8-9-10-19(6,22-7)18(21)20-16-11-14(4)17(15(5)12-16)23-13(2)3/h11-13H,8-10H2,1-7H3,(H,20,21)/t19-/m1/s1. The van der Waals surface area contributed by atoms with E-state index in [9.17, 15) is 4.79 Å². The highest BCUT2D eigenvalue weighted by molar-refractivity contribution is 5.97. The fourth-order valence-electron chi connectivity index (χ4n) is 2.53. The fourth-order valence-corrected chi connectivity index (χ4v) is 2.53. The van der Waals surface area contributed by atoms with Crippen molar-refractivity contribution in [3.05, 3.63) is 23.3 Å². The van der Waals surface area contributed by atoms with Crippen molar-refractivity contribution in [2.75, 3.05) is 12.4 Å². The van der Waals surface area contributed by atoms with E-state index in [-0.39, 0.29) is 12.0 Å². The number of methoxy groups -OCH3 is 1. The molecule has 0 unspecified atom stereocenters. The summed E-state index contributed by atoms with van der Waals surface area (Å²) in [6.07, 6.45) is 2.82. The van der Waals surface area contributed by atoms with Crippen molar-refractivity contribution in [2.24, 2.45) is 0 Å². The van der Waals surface area contributed by atoms with Crippen LogP contribution in [-0.4, -0.2) is 24.7 Å². The smallest absolute Gasteiger partial charge is 0.256 e. The molecule has 130 valence electrons. The van der Waals surface area contributed by atoms with Crippen molar-refractivity contribution in [3.8, 4) is 5.75 Å². The van der Waals surface area contributed by atoms with Crippen molar-refractivity contribution in [1.29, 1.82) is 0 Å². The molecule has 1 aromatic carbocycles. The van der Waals surface area contributed by atoms with Crippen LogP contribution in [0.2, 0.25) is 0 Å². The Bertz CT molecular complexity index is 516. The van der Waals surface area contributed by atoms with Crippen LogP contribution in [0.4, 0.5) is 5.69 Å². The van der Waals surface area contributed by atoms with E-state index in [1.165, 1.54) is 0 Å². The molecule has 0 radical (unpaired) electrons. The second-order valence-electron chi connectivity index (χ2n) is 6.60. The number of amides is 1. The lowest BCUT2D eigenvalue weighted by molar-refractivity contribution is -0.136. The molecule has 0 heterocycles. The zero-order chi connectivity index (χ0) is 17.6. The number of carbonyl (C=O) groups is 1. The first-order chi connectivity index (χ1) is 10.7. The molecular weight excluding hydrogens is 290 g/mol. The number of rotatable bonds is 8. The molecule has 0 fully saturated rings. The summed E-state index contributed by atoms with van der Waals surface area (Å²) in [4.78, 5) is 12.6. The third kappa shape index (κ3) is 5.24. The molecule has 0 saturated heterocycles. The molecule has 0 aliphatic heterocycles. The van der Waals surface area contributed by atoms with Gasteiger partial charge in [0.1, 0.15) is 11.4 Å². The van der Waals surface area contributed by atoms with Crippen LogP contribution in [0.25, 0.3) is 0 Å². The molecule has 1 aromatic rings. The number of benzene rings is 1. The Balaban J connectivity index is 2.94. The number of unbranched alkanes of at least 4 members (excludes halogenated alkanes) is 1. The number of nitrogens with one attached hydrogen (secondary N) is 1. The van der Waals surface area contributed by atoms with E-state index in [4.69, 9.17) is 9.47 Å². The second-order valence-corrected chi connectivity index (χ2v) is 6.60. The summed E-state index contributed by atoms with van der Waals surface area (Å²) in [7, 11) is 1.59. The number of ether oxygens (including phenoxy) is 2. The first kappa shape index (κ1) is 19.5. The van der Waals surface area contributed by atoms with Gasteiger partial charge >= 0.3 is 0 Å². The van der Waals surface area contributed by atoms with Gasteiger partial charge in [0.15, 0.2) is 0 Å². The van der Waals surface area contributed by atoms with E-state index in [1.54, 1.807) is 7.11 Å². The van der Waals surface area contributed by atoms with Crippen LogP contribution < -0.4 is 10.1 Å². The van der Waals surface area contributed by atoms with E-state index < -0.39 is 5.60 Å². The van der Waals surface area contributed by atoms with Crippen molar-refractivity contribution in [1.82, 2.24) is 0 Å². The van der Waals surface area contributed by atoms with E-state index in [0.717, 1.165) is 35.4 Å². The lowest BCUT2D eigenvalue weighted by Gasteiger charge is -2.27. The zero-order valence-corrected chi connectivity index (χ0v) is 15.6. The molecule has 0 spiro atoms. The summed E-state index contributed by atoms with van der Waals surface area (Å²) in [5.74, 6) is 0.781. The summed E-state index contributed by atoms with van der Waals surface area (Å²) < 4.78 is 11.3. The van der Waals surface area contributed by atoms with Gasteiger partial charge in [0.2, 0.25) is 0 Å². The summed E-state index contributed by atoms with van der Waals surface area (Å²) in [6, 6.07) is 3.89. The third-order valence-corrected chi connectivity index (χ3v) is 4.01. The molecule has 0 aliphatic carbocycles. The monoisotopic (exact) mass is 321 g/mol. The Morgan fingerprint density at radius 1 is 1.26 bits per heavy atom. The van der Waals surface area contributed by atoms with Crippen LogP contribution >= 0.6 is 0 Å². The van der Waals surface area contributed by atoms with Gasteiger partial charge in [0.25, 0.3) is 5.91 Å². The van der Waals surface area contributed by atoms with Gasteiger partial charge in [-0.3, -0.25) is 4.79 Å². The molecule has 1 rings (SSSR count). The molecular formula is C19H31NO3. The highest BCUT2D eigenvalue weighted by atomic mass is 16.5. The number of hydrogen-bond donors (Lipinski definition) is 1. The predicted molar refractivity (Wildman–Crippen MR) is 95.2 cm³/mol. The molecule has 1 amide bonds. The normalized spacial score (nSPS) is 13.7. The van der Waals surface area contributed by atoms with Crippen LogP contribution in [0.5, 0.6) is 5.75 Å². The van der Waals surface area contributed by atoms with Crippen LogP contribution in [-0.2, 0) is 9.53 Å². The highest BCUT2D eigenvalue weighted by Crippen LogP contribution is 2.29. The van der Waals surface area contributed by atoms with Gasteiger partial charge in [-0.15, -0.1) is 0 Å². The van der Waals surface area contributed by atoms with Crippen LogP contribution in [0.15, 0.2) is 12.1 Å². The molecule has 0 bridgehead atoms. The Labute approximate surface area is 140 Å². The topological polar surface area (TPSA) is 47.6 Å². The minimum absolute atomic E-state index is 0.107. The van der Waals surface area contributed by atoms with Gasteiger partial charge < -0.3 is 14.8 Å². The van der Waals surface area contributed by atoms with Gasteiger partial charge in [-0.2, -0.15) is 0 Å². The summed E-state index contributed by atoms with van der Waals surface area (Å²) in [5.41, 5.74) is 2.01. The number of aryl methyl sites for hydroxylation is 2. The average molecular weight is 321 g/mol. The van der Waals surface area contributed by atoms with E-state index >= 15 is 0 Å². The largest absolute Gasteiger partial charge is 0.490 e. The highest BCUT2D eigenvalue weighted by Gasteiger charge is 2.32. The van der Waals surface area contributed by atoms with Crippen LogP contribution in [0.3, 0.4) is 0 Å². The van der Waals surface area contributed by atoms with Crippen molar-refractivity contribution in [3.63, 3.8) is 0 Å². The molecule has 1 N–H and O–H groups in total. The summed E-state index contributed by atoms with van der Waals surface area (Å²) >= 11 is 0. The van der Waals surface area contributed by atoms with E-state index in [0.29, 0.717) is 6.42 Å². The van der Waals surface area contributed by atoms with Gasteiger partial charge in [-0.05, 0) is 64.3 Å². The fraction of sp³-hybridized carbons (Fsp3) is 0.632. The maximum atomic E-state index is 12.6. The van der Waals surface area contributed by atoms with Gasteiger partial charge in [0.05, 0.1) is 6.10 Å². The Kier molecular flexibility index (Phi) is 7.07. The first-order valence-corrected chi connectivity index (χ1v) is 8.38. The zero-order valence-electron chi connectivity index (χ0n) is 15.6. The first-order valence-electron chi connectivity index (χ1n) is 8.38. The molecule has 0 saturated carbocycles. The van der Waals surface area contributed by atoms with Crippen molar-refractivity contribution >= 4 is 11.6 Å². The van der Waals surface area contributed by atoms with Crippen molar-refractivity contribution in [2.45, 2.75) is 72.5 Å². The van der Waals surface area contributed by atoms with Gasteiger partial charge in [0, 0.05) is 12.8 Å². The predicted octanol–water partition coefficient (Wildman–Crippen LogP) is 4.62. The minimum atomic E-state index is -0.801. The van der Waals surface area contributed by atoms with Crippen molar-refractivity contribution < 1.29 is 14.3 Å². The molecule has 23 heavy (non-hydrogen) atoms. The number of hydrogen-bond acceptors (Lipinski definition) is 3. The number of anilines is 1. The Hall–Kier alpha value is -1.55. The molecule has 4 nitrogen and oxygen atoms in total. The molecule has 0 aromatic heterocycles. The van der Waals surface area contributed by atoms with E-state index in [1.807, 2.05) is 46.8 Å². The maximum absolute atomic E-state index is 12.6. The molecule has 0 aliphatic rings. The second kappa shape index (κ2) is 8.34. The molecule has 1 atom stereocenters. The average Bonchev–Trinajstić information content (AvgIpc) is 2.48. The molecule has 4 heteroatoms. The van der Waals surface area contributed by atoms with Crippen LogP contribution in [0, 0.1) is 13.8 Å².